The molecule has 2 N–H and O–H groups in total. The molecule has 0 spiro atoms. The number of rotatable bonds is 5. The first kappa shape index (κ1) is 16.4. The second kappa shape index (κ2) is 6.83. The summed E-state index contributed by atoms with van der Waals surface area (Å²) >= 11 is 0. The van der Waals surface area contributed by atoms with E-state index in [0.717, 1.165) is 0 Å². The molecule has 2 aromatic rings. The highest BCUT2D eigenvalue weighted by Crippen LogP contribution is 2.25. The first-order valence-corrected chi connectivity index (χ1v) is 7.25. The second-order valence-electron chi connectivity index (χ2n) is 5.01. The molecule has 0 fully saturated rings. The molecule has 0 aliphatic carbocycles. The summed E-state index contributed by atoms with van der Waals surface area (Å²) in [4.78, 5) is 24.2. The molecule has 0 aromatic carbocycles. The molecule has 0 aliphatic rings. The Balaban J connectivity index is 2.31. The Morgan fingerprint density at radius 3 is 2.61 bits per heavy atom. The van der Waals surface area contributed by atoms with E-state index in [1.807, 2.05) is 6.07 Å². The Labute approximate surface area is 133 Å². The molecule has 0 aliphatic heterocycles. The smallest absolute Gasteiger partial charge is 0.256 e. The largest absolute Gasteiger partial charge is 0.443 e. The molecule has 7 nitrogen and oxygen atoms in total. The van der Waals surface area contributed by atoms with E-state index in [0.29, 0.717) is 12.3 Å². The van der Waals surface area contributed by atoms with Gasteiger partial charge in [0.2, 0.25) is 11.8 Å². The van der Waals surface area contributed by atoms with Gasteiger partial charge in [-0.25, -0.2) is 0 Å². The SMILES string of the molecule is CCNC(=O)[C@@H](C)NC(=O)c1c(C)oc(-n2cccc2)c1C#N. The molecule has 2 amide bonds. The number of aryl methyl sites for hydroxylation is 1. The summed E-state index contributed by atoms with van der Waals surface area (Å²) in [6, 6.07) is 4.87. The number of furan rings is 1. The van der Waals surface area contributed by atoms with E-state index in [1.165, 1.54) is 0 Å². The average Bonchev–Trinajstić information content (AvgIpc) is 3.13. The fraction of sp³-hybridized carbons (Fsp3) is 0.312. The Hall–Kier alpha value is -3.01. The van der Waals surface area contributed by atoms with Crippen molar-refractivity contribution in [2.45, 2.75) is 26.8 Å². The highest BCUT2D eigenvalue weighted by Gasteiger charge is 2.26. The molecule has 120 valence electrons. The van der Waals surface area contributed by atoms with Gasteiger partial charge in [0, 0.05) is 18.9 Å². The van der Waals surface area contributed by atoms with Crippen LogP contribution in [-0.2, 0) is 4.79 Å². The zero-order chi connectivity index (χ0) is 17.0. The highest BCUT2D eigenvalue weighted by molar-refractivity contribution is 6.00. The lowest BCUT2D eigenvalue weighted by Gasteiger charge is -2.13. The molecule has 23 heavy (non-hydrogen) atoms. The molecular weight excluding hydrogens is 296 g/mol. The van der Waals surface area contributed by atoms with Gasteiger partial charge < -0.3 is 15.1 Å². The Kier molecular flexibility index (Phi) is 4.86. The molecule has 1 atom stereocenters. The van der Waals surface area contributed by atoms with E-state index in [4.69, 9.17) is 4.42 Å². The third kappa shape index (κ3) is 3.26. The first-order valence-electron chi connectivity index (χ1n) is 7.25. The van der Waals surface area contributed by atoms with Crippen molar-refractivity contribution in [3.05, 3.63) is 41.4 Å². The number of nitrogens with one attached hydrogen (secondary N) is 2. The van der Waals surface area contributed by atoms with Crippen LogP contribution in [0.3, 0.4) is 0 Å². The zero-order valence-corrected chi connectivity index (χ0v) is 13.2. The Morgan fingerprint density at radius 2 is 2.04 bits per heavy atom. The topological polar surface area (TPSA) is 100 Å². The van der Waals surface area contributed by atoms with Gasteiger partial charge in [0.15, 0.2) is 0 Å². The second-order valence-corrected chi connectivity index (χ2v) is 5.01. The number of nitrogens with zero attached hydrogens (tertiary/aromatic N) is 2. The summed E-state index contributed by atoms with van der Waals surface area (Å²) in [5.41, 5.74) is 0.284. The van der Waals surface area contributed by atoms with Gasteiger partial charge in [0.1, 0.15) is 29.0 Å². The maximum atomic E-state index is 12.4. The minimum atomic E-state index is -0.710. The number of hydrogen-bond acceptors (Lipinski definition) is 4. The van der Waals surface area contributed by atoms with Crippen molar-refractivity contribution < 1.29 is 14.0 Å². The van der Waals surface area contributed by atoms with Crippen LogP contribution in [0.15, 0.2) is 28.9 Å². The molecule has 0 saturated carbocycles. The molecule has 7 heteroatoms. The van der Waals surface area contributed by atoms with Gasteiger partial charge in [-0.1, -0.05) is 0 Å². The van der Waals surface area contributed by atoms with Crippen LogP contribution in [0.5, 0.6) is 0 Å². The highest BCUT2D eigenvalue weighted by atomic mass is 16.4. The van der Waals surface area contributed by atoms with Gasteiger partial charge in [-0.15, -0.1) is 0 Å². The molecular formula is C16H18N4O3. The van der Waals surface area contributed by atoms with Crippen LogP contribution >= 0.6 is 0 Å². The zero-order valence-electron chi connectivity index (χ0n) is 13.2. The van der Waals surface area contributed by atoms with Crippen LogP contribution in [0, 0.1) is 18.3 Å². The van der Waals surface area contributed by atoms with Crippen molar-refractivity contribution in [2.24, 2.45) is 0 Å². The van der Waals surface area contributed by atoms with Gasteiger partial charge >= 0.3 is 0 Å². The summed E-state index contributed by atoms with van der Waals surface area (Å²) in [7, 11) is 0. The monoisotopic (exact) mass is 314 g/mol. The third-order valence-electron chi connectivity index (χ3n) is 3.34. The number of carbonyl (C=O) groups is 2. The fourth-order valence-corrected chi connectivity index (χ4v) is 2.22. The Bertz CT molecular complexity index is 753. The number of aromatic nitrogens is 1. The maximum Gasteiger partial charge on any atom is 0.256 e. The van der Waals surface area contributed by atoms with Crippen molar-refractivity contribution in [1.29, 1.82) is 5.26 Å². The summed E-state index contributed by atoms with van der Waals surface area (Å²) in [5, 5.41) is 14.6. The normalized spacial score (nSPS) is 11.6. The van der Waals surface area contributed by atoms with Crippen molar-refractivity contribution in [1.82, 2.24) is 15.2 Å². The van der Waals surface area contributed by atoms with E-state index in [2.05, 4.69) is 10.6 Å². The lowest BCUT2D eigenvalue weighted by atomic mass is 10.1. The Morgan fingerprint density at radius 1 is 1.39 bits per heavy atom. The summed E-state index contributed by atoms with van der Waals surface area (Å²) in [6.07, 6.45) is 3.44. The number of hydrogen-bond donors (Lipinski definition) is 2. The quantitative estimate of drug-likeness (QED) is 0.873. The predicted molar refractivity (Wildman–Crippen MR) is 83.1 cm³/mol. The minimum absolute atomic E-state index is 0.138. The van der Waals surface area contributed by atoms with Gasteiger partial charge in [-0.3, -0.25) is 14.2 Å². The molecule has 0 radical (unpaired) electrons. The summed E-state index contributed by atoms with van der Waals surface area (Å²) in [6.45, 7) is 5.46. The van der Waals surface area contributed by atoms with Crippen molar-refractivity contribution in [2.75, 3.05) is 6.54 Å². The van der Waals surface area contributed by atoms with E-state index < -0.39 is 11.9 Å². The van der Waals surface area contributed by atoms with Gasteiger partial charge in [0.25, 0.3) is 5.91 Å². The van der Waals surface area contributed by atoms with Crippen molar-refractivity contribution in [3.63, 3.8) is 0 Å². The molecule has 0 saturated heterocycles. The molecule has 2 heterocycles. The standard InChI is InChI=1S/C16H18N4O3/c1-4-18-14(21)10(2)19-15(22)13-11(3)23-16(12(13)9-17)20-7-5-6-8-20/h5-8,10H,4H2,1-3H3,(H,18,21)(H,19,22)/t10-/m1/s1. The van der Waals surface area contributed by atoms with Crippen LogP contribution in [0.2, 0.25) is 0 Å². The van der Waals surface area contributed by atoms with Crippen molar-refractivity contribution >= 4 is 11.8 Å². The third-order valence-corrected chi connectivity index (χ3v) is 3.34. The van der Waals surface area contributed by atoms with E-state index in [-0.39, 0.29) is 22.9 Å². The van der Waals surface area contributed by atoms with Crippen molar-refractivity contribution in [3.8, 4) is 12.0 Å². The van der Waals surface area contributed by atoms with Crippen LogP contribution in [0.4, 0.5) is 0 Å². The first-order chi connectivity index (χ1) is 11.0. The lowest BCUT2D eigenvalue weighted by molar-refractivity contribution is -0.122. The van der Waals surface area contributed by atoms with E-state index >= 15 is 0 Å². The van der Waals surface area contributed by atoms with E-state index in [9.17, 15) is 14.9 Å². The number of carbonyl (C=O) groups excluding carboxylic acids is 2. The summed E-state index contributed by atoms with van der Waals surface area (Å²) < 4.78 is 7.19. The fourth-order valence-electron chi connectivity index (χ4n) is 2.22. The van der Waals surface area contributed by atoms with Crippen LogP contribution < -0.4 is 10.6 Å². The molecule has 0 unspecified atom stereocenters. The maximum absolute atomic E-state index is 12.4. The van der Waals surface area contributed by atoms with Crippen LogP contribution in [0.1, 0.15) is 35.5 Å². The minimum Gasteiger partial charge on any atom is -0.443 e. The summed E-state index contributed by atoms with van der Waals surface area (Å²) in [5.74, 6) is -0.192. The lowest BCUT2D eigenvalue weighted by Crippen LogP contribution is -2.44. The molecule has 2 rings (SSSR count). The van der Waals surface area contributed by atoms with Crippen LogP contribution in [-0.4, -0.2) is 29.0 Å². The van der Waals surface area contributed by atoms with Gasteiger partial charge in [-0.2, -0.15) is 5.26 Å². The van der Waals surface area contributed by atoms with Crippen LogP contribution in [0.25, 0.3) is 5.88 Å². The molecule has 2 aromatic heterocycles. The van der Waals surface area contributed by atoms with Gasteiger partial charge in [0.05, 0.1) is 0 Å². The average molecular weight is 314 g/mol. The number of amides is 2. The predicted octanol–water partition coefficient (Wildman–Crippen LogP) is 1.50. The number of nitriles is 1. The van der Waals surface area contributed by atoms with E-state index in [1.54, 1.807) is 49.9 Å². The number of likely N-dealkylation sites (N-methyl/N-ethyl adjacent to an activating group) is 1. The molecule has 0 bridgehead atoms. The van der Waals surface area contributed by atoms with Gasteiger partial charge in [-0.05, 0) is 32.9 Å².